The monoisotopic (exact) mass is 532 g/mol. The van der Waals surface area contributed by atoms with Crippen LogP contribution in [0.2, 0.25) is 0 Å². The maximum Gasteiger partial charge on any atom is 0.408 e. The first-order valence-electron chi connectivity index (χ1n) is 13.1. The van der Waals surface area contributed by atoms with Gasteiger partial charge in [0.2, 0.25) is 11.8 Å². The van der Waals surface area contributed by atoms with Crippen molar-refractivity contribution < 1.29 is 27.6 Å². The van der Waals surface area contributed by atoms with Crippen LogP contribution in [-0.2, 0) is 22.6 Å². The summed E-state index contributed by atoms with van der Waals surface area (Å²) in [6.45, 7) is 2.39. The fourth-order valence-corrected chi connectivity index (χ4v) is 5.51. The molecule has 38 heavy (non-hydrogen) atoms. The number of hydrogen-bond donors (Lipinski definition) is 3. The summed E-state index contributed by atoms with van der Waals surface area (Å²) in [6, 6.07) is 2.19. The van der Waals surface area contributed by atoms with E-state index in [0.717, 1.165) is 25.7 Å². The molecule has 3 aliphatic rings. The predicted molar refractivity (Wildman–Crippen MR) is 131 cm³/mol. The molecule has 3 atom stereocenters. The molecule has 1 unspecified atom stereocenters. The number of carbonyl (C=O) groups excluding carboxylic acids is 3. The molecule has 204 valence electrons. The molecule has 1 saturated heterocycles. The second-order valence-electron chi connectivity index (χ2n) is 10.5. The Balaban J connectivity index is 1.30. The van der Waals surface area contributed by atoms with Crippen LogP contribution in [0.1, 0.15) is 55.1 Å². The Hall–Kier alpha value is -3.44. The van der Waals surface area contributed by atoms with Crippen LogP contribution in [0.3, 0.4) is 0 Å². The van der Waals surface area contributed by atoms with E-state index >= 15 is 0 Å². The summed E-state index contributed by atoms with van der Waals surface area (Å²) in [5.74, 6) is -1.23. The maximum absolute atomic E-state index is 13.6. The molecule has 3 amide bonds. The lowest BCUT2D eigenvalue weighted by Crippen LogP contribution is -2.50. The quantitative estimate of drug-likeness (QED) is 0.435. The number of aromatic nitrogens is 3. The first-order chi connectivity index (χ1) is 18.1. The summed E-state index contributed by atoms with van der Waals surface area (Å²) < 4.78 is 40.7. The Labute approximate surface area is 217 Å². The highest BCUT2D eigenvalue weighted by molar-refractivity contribution is 6.00. The highest BCUT2D eigenvalue weighted by Crippen LogP contribution is 2.51. The van der Waals surface area contributed by atoms with Gasteiger partial charge in [-0.05, 0) is 87.0 Å². The summed E-state index contributed by atoms with van der Waals surface area (Å²) in [6.07, 6.45) is 2.34. The zero-order chi connectivity index (χ0) is 27.0. The van der Waals surface area contributed by atoms with Crippen LogP contribution in [0, 0.1) is 23.7 Å². The molecular formula is C26H31F3N6O3. The van der Waals surface area contributed by atoms with Crippen molar-refractivity contribution >= 4 is 23.5 Å². The molecule has 3 N–H and O–H groups in total. The smallest absolute Gasteiger partial charge is 0.344 e. The molecule has 2 aliphatic carbocycles. The Morgan fingerprint density at radius 2 is 1.87 bits per heavy atom. The van der Waals surface area contributed by atoms with Crippen molar-refractivity contribution in [1.82, 2.24) is 25.4 Å². The topological polar surface area (TPSA) is 118 Å². The lowest BCUT2D eigenvalue weighted by molar-refractivity contribution is -0.154. The largest absolute Gasteiger partial charge is 0.408 e. The highest BCUT2D eigenvalue weighted by atomic mass is 19.4. The zero-order valence-corrected chi connectivity index (χ0v) is 21.0. The lowest BCUT2D eigenvalue weighted by atomic mass is 9.88. The standard InChI is InChI=1S/C26H31F3N6O3/c1-2-35-18(8-10-31-35)24(37)34-22(21(15-3-4-15)16-5-6-16)25(38)33-20-12-14(7-9-30-20)11-17-13-19(26(27,28)29)32-23(17)36/h7-10,12,15-17,19,21-22H,2-6,11,13H2,1H3,(H,32,36)(H,34,37)(H,30,33,38)/t17?,19-,22+/m0/s1. The zero-order valence-electron chi connectivity index (χ0n) is 21.0. The SMILES string of the molecule is CCn1nccc1C(=O)N[C@@H](C(=O)Nc1cc(CC2C[C@@H](C(F)(F)F)NC2=O)ccn1)C(C1CC1)C1CC1. The van der Waals surface area contributed by atoms with Gasteiger partial charge in [0.15, 0.2) is 0 Å². The molecule has 3 fully saturated rings. The van der Waals surface area contributed by atoms with E-state index in [0.29, 0.717) is 29.6 Å². The summed E-state index contributed by atoms with van der Waals surface area (Å²) in [5.41, 5.74) is 0.967. The van der Waals surface area contributed by atoms with E-state index in [-0.39, 0.29) is 36.4 Å². The van der Waals surface area contributed by atoms with Crippen molar-refractivity contribution in [2.45, 2.75) is 70.3 Å². The van der Waals surface area contributed by atoms with Gasteiger partial charge in [-0.3, -0.25) is 19.1 Å². The van der Waals surface area contributed by atoms with E-state index in [2.05, 4.69) is 20.7 Å². The summed E-state index contributed by atoms with van der Waals surface area (Å²) in [7, 11) is 0. The Morgan fingerprint density at radius 1 is 1.16 bits per heavy atom. The Kier molecular flexibility index (Phi) is 7.15. The minimum atomic E-state index is -4.49. The van der Waals surface area contributed by atoms with Crippen LogP contribution < -0.4 is 16.0 Å². The van der Waals surface area contributed by atoms with Crippen LogP contribution in [0.25, 0.3) is 0 Å². The number of aryl methyl sites for hydroxylation is 1. The highest BCUT2D eigenvalue weighted by Gasteiger charge is 2.49. The minimum absolute atomic E-state index is 0.0154. The summed E-state index contributed by atoms with van der Waals surface area (Å²) >= 11 is 0. The van der Waals surface area contributed by atoms with Crippen LogP contribution in [0.4, 0.5) is 19.0 Å². The number of nitrogens with zero attached hydrogens (tertiary/aromatic N) is 3. The van der Waals surface area contributed by atoms with E-state index < -0.39 is 30.1 Å². The molecular weight excluding hydrogens is 501 g/mol. The van der Waals surface area contributed by atoms with Crippen molar-refractivity contribution in [1.29, 1.82) is 0 Å². The summed E-state index contributed by atoms with van der Waals surface area (Å²) in [4.78, 5) is 43.0. The van der Waals surface area contributed by atoms with E-state index in [1.54, 1.807) is 29.1 Å². The first-order valence-corrected chi connectivity index (χ1v) is 13.1. The second-order valence-corrected chi connectivity index (χ2v) is 10.5. The number of nitrogens with one attached hydrogen (secondary N) is 3. The molecule has 9 nitrogen and oxygen atoms in total. The second kappa shape index (κ2) is 10.4. The van der Waals surface area contributed by atoms with Crippen LogP contribution in [0.5, 0.6) is 0 Å². The van der Waals surface area contributed by atoms with Gasteiger partial charge < -0.3 is 16.0 Å². The Morgan fingerprint density at radius 3 is 2.47 bits per heavy atom. The number of alkyl halides is 3. The fourth-order valence-electron chi connectivity index (χ4n) is 5.51. The van der Waals surface area contributed by atoms with Crippen LogP contribution in [-0.4, -0.2) is 50.7 Å². The van der Waals surface area contributed by atoms with Gasteiger partial charge in [-0.2, -0.15) is 18.3 Å². The molecule has 1 aliphatic heterocycles. The van der Waals surface area contributed by atoms with Crippen LogP contribution in [0.15, 0.2) is 30.6 Å². The number of hydrogen-bond acceptors (Lipinski definition) is 5. The van der Waals surface area contributed by atoms with Gasteiger partial charge in [0.05, 0.1) is 0 Å². The van der Waals surface area contributed by atoms with Crippen molar-refractivity contribution in [3.63, 3.8) is 0 Å². The van der Waals surface area contributed by atoms with Gasteiger partial charge in [0.25, 0.3) is 5.91 Å². The van der Waals surface area contributed by atoms with E-state index in [9.17, 15) is 27.6 Å². The van der Waals surface area contributed by atoms with E-state index in [1.165, 1.54) is 6.20 Å². The van der Waals surface area contributed by atoms with Gasteiger partial charge in [-0.1, -0.05) is 0 Å². The predicted octanol–water partition coefficient (Wildman–Crippen LogP) is 3.08. The van der Waals surface area contributed by atoms with Gasteiger partial charge in [0.1, 0.15) is 23.6 Å². The van der Waals surface area contributed by atoms with Gasteiger partial charge in [0, 0.05) is 24.9 Å². The molecule has 2 saturated carbocycles. The summed E-state index contributed by atoms with van der Waals surface area (Å²) in [5, 5.41) is 11.9. The molecule has 0 aromatic carbocycles. The third-order valence-corrected chi connectivity index (χ3v) is 7.70. The van der Waals surface area contributed by atoms with Crippen molar-refractivity contribution in [3.8, 4) is 0 Å². The number of carbonyl (C=O) groups is 3. The third-order valence-electron chi connectivity index (χ3n) is 7.70. The molecule has 0 spiro atoms. The van der Waals surface area contributed by atoms with E-state index in [4.69, 9.17) is 0 Å². The normalized spacial score (nSPS) is 22.3. The lowest BCUT2D eigenvalue weighted by Gasteiger charge is -2.27. The van der Waals surface area contributed by atoms with Gasteiger partial charge in [-0.15, -0.1) is 0 Å². The number of pyridine rings is 1. The molecule has 3 heterocycles. The third kappa shape index (κ3) is 5.83. The molecule has 2 aromatic heterocycles. The average molecular weight is 533 g/mol. The van der Waals surface area contributed by atoms with Crippen molar-refractivity contribution in [2.24, 2.45) is 23.7 Å². The van der Waals surface area contributed by atoms with Crippen molar-refractivity contribution in [3.05, 3.63) is 41.9 Å². The number of anilines is 1. The minimum Gasteiger partial charge on any atom is -0.344 e. The number of rotatable bonds is 10. The first kappa shape index (κ1) is 26.2. The fraction of sp³-hybridized carbons (Fsp3) is 0.577. The molecule has 12 heteroatoms. The molecule has 0 bridgehead atoms. The van der Waals surface area contributed by atoms with Gasteiger partial charge in [-0.25, -0.2) is 4.98 Å². The maximum atomic E-state index is 13.6. The van der Waals surface area contributed by atoms with Crippen molar-refractivity contribution in [2.75, 3.05) is 5.32 Å². The van der Waals surface area contributed by atoms with E-state index in [1.807, 2.05) is 12.2 Å². The number of amides is 3. The average Bonchev–Trinajstić information content (AvgIpc) is 3.80. The molecule has 2 aromatic rings. The number of halogens is 3. The van der Waals surface area contributed by atoms with Crippen LogP contribution >= 0.6 is 0 Å². The van der Waals surface area contributed by atoms with Gasteiger partial charge >= 0.3 is 6.18 Å². The molecule has 0 radical (unpaired) electrons. The molecule has 5 rings (SSSR count). The Bertz CT molecular complexity index is 1190.